The molecule has 0 bridgehead atoms. The fourth-order valence-corrected chi connectivity index (χ4v) is 2.56. The Morgan fingerprint density at radius 3 is 2.94 bits per heavy atom. The van der Waals surface area contributed by atoms with E-state index in [1.54, 1.807) is 12.0 Å². The van der Waals surface area contributed by atoms with Gasteiger partial charge in [-0.1, -0.05) is 6.07 Å². The molecule has 0 N–H and O–H groups in total. The van der Waals surface area contributed by atoms with E-state index < -0.39 is 0 Å². The van der Waals surface area contributed by atoms with Crippen molar-refractivity contribution < 1.29 is 9.53 Å². The molecule has 1 atom stereocenters. The number of halogens is 1. The first kappa shape index (κ1) is 12.0. The van der Waals surface area contributed by atoms with Crippen molar-refractivity contribution in [3.05, 3.63) is 22.7 Å². The standard InChI is InChI=1S/C13H12BrNO2/c1-3-9-7-12(16)15(8-9)10-5-4-6-11(17-2)13(10)14/h1,4-6,9H,7-8H2,2H3. The molecule has 88 valence electrons. The molecule has 0 spiro atoms. The Balaban J connectivity index is 2.36. The molecule has 4 heteroatoms. The number of hydrogen-bond acceptors (Lipinski definition) is 2. The maximum atomic E-state index is 11.9. The van der Waals surface area contributed by atoms with E-state index in [1.165, 1.54) is 0 Å². The molecule has 1 aliphatic heterocycles. The summed E-state index contributed by atoms with van der Waals surface area (Å²) in [6.07, 6.45) is 5.78. The molecule has 0 aliphatic carbocycles. The molecule has 1 aliphatic rings. The van der Waals surface area contributed by atoms with E-state index in [9.17, 15) is 4.79 Å². The van der Waals surface area contributed by atoms with Crippen LogP contribution in [0.3, 0.4) is 0 Å². The fraction of sp³-hybridized carbons (Fsp3) is 0.308. The highest BCUT2D eigenvalue weighted by molar-refractivity contribution is 9.10. The van der Waals surface area contributed by atoms with Crippen LogP contribution < -0.4 is 9.64 Å². The molecule has 0 aromatic heterocycles. The smallest absolute Gasteiger partial charge is 0.228 e. The van der Waals surface area contributed by atoms with Crippen molar-refractivity contribution >= 4 is 27.5 Å². The van der Waals surface area contributed by atoms with Crippen LogP contribution in [0.25, 0.3) is 0 Å². The van der Waals surface area contributed by atoms with Crippen LogP contribution in [-0.4, -0.2) is 19.6 Å². The average molecular weight is 294 g/mol. The van der Waals surface area contributed by atoms with Gasteiger partial charge in [0, 0.05) is 18.9 Å². The number of nitrogens with zero attached hydrogens (tertiary/aromatic N) is 1. The zero-order chi connectivity index (χ0) is 12.4. The minimum atomic E-state index is 0.000557. The number of terminal acetylenes is 1. The van der Waals surface area contributed by atoms with Crippen LogP contribution in [0.5, 0.6) is 5.75 Å². The summed E-state index contributed by atoms with van der Waals surface area (Å²) in [5.74, 6) is 3.40. The topological polar surface area (TPSA) is 29.5 Å². The normalized spacial score (nSPS) is 19.2. The van der Waals surface area contributed by atoms with Crippen LogP contribution in [-0.2, 0) is 4.79 Å². The highest BCUT2D eigenvalue weighted by Crippen LogP contribution is 2.37. The molecule has 0 saturated carbocycles. The van der Waals surface area contributed by atoms with Crippen molar-refractivity contribution in [3.8, 4) is 18.1 Å². The van der Waals surface area contributed by atoms with Gasteiger partial charge in [-0.25, -0.2) is 0 Å². The van der Waals surface area contributed by atoms with Crippen molar-refractivity contribution in [1.29, 1.82) is 0 Å². The number of carbonyl (C=O) groups excluding carboxylic acids is 1. The van der Waals surface area contributed by atoms with E-state index in [-0.39, 0.29) is 11.8 Å². The first-order valence-electron chi connectivity index (χ1n) is 5.26. The van der Waals surface area contributed by atoms with Crippen LogP contribution in [0.1, 0.15) is 6.42 Å². The number of benzene rings is 1. The van der Waals surface area contributed by atoms with Gasteiger partial charge in [-0.15, -0.1) is 12.3 Å². The van der Waals surface area contributed by atoms with Gasteiger partial charge in [0.2, 0.25) is 5.91 Å². The lowest BCUT2D eigenvalue weighted by Crippen LogP contribution is -2.24. The van der Waals surface area contributed by atoms with E-state index in [1.807, 2.05) is 18.2 Å². The van der Waals surface area contributed by atoms with Gasteiger partial charge in [-0.05, 0) is 28.1 Å². The average Bonchev–Trinajstić information content (AvgIpc) is 2.71. The zero-order valence-electron chi connectivity index (χ0n) is 9.44. The summed E-state index contributed by atoms with van der Waals surface area (Å²) in [7, 11) is 1.60. The van der Waals surface area contributed by atoms with E-state index in [4.69, 9.17) is 11.2 Å². The summed E-state index contributed by atoms with van der Waals surface area (Å²) in [6.45, 7) is 0.571. The molecule has 1 unspecified atom stereocenters. The number of carbonyl (C=O) groups is 1. The van der Waals surface area contributed by atoms with Gasteiger partial charge >= 0.3 is 0 Å². The number of methoxy groups -OCH3 is 1. The second-order valence-electron chi connectivity index (χ2n) is 3.87. The van der Waals surface area contributed by atoms with Crippen LogP contribution >= 0.6 is 15.9 Å². The molecule has 0 radical (unpaired) electrons. The highest BCUT2D eigenvalue weighted by atomic mass is 79.9. The second kappa shape index (κ2) is 4.80. The summed E-state index contributed by atoms with van der Waals surface area (Å²) in [5.41, 5.74) is 0.812. The molecule has 1 saturated heterocycles. The van der Waals surface area contributed by atoms with E-state index in [0.29, 0.717) is 18.7 Å². The number of anilines is 1. The van der Waals surface area contributed by atoms with Gasteiger partial charge in [-0.3, -0.25) is 4.79 Å². The summed E-state index contributed by atoms with van der Waals surface area (Å²) in [5, 5.41) is 0. The largest absolute Gasteiger partial charge is 0.495 e. The van der Waals surface area contributed by atoms with Crippen LogP contribution in [0.2, 0.25) is 0 Å². The maximum absolute atomic E-state index is 11.9. The molecule has 1 aromatic rings. The molecule has 1 heterocycles. The van der Waals surface area contributed by atoms with Crippen molar-refractivity contribution in [3.63, 3.8) is 0 Å². The van der Waals surface area contributed by atoms with Crippen LogP contribution in [0.4, 0.5) is 5.69 Å². The second-order valence-corrected chi connectivity index (χ2v) is 4.66. The first-order valence-corrected chi connectivity index (χ1v) is 6.05. The molecule has 1 amide bonds. The lowest BCUT2D eigenvalue weighted by Gasteiger charge is -2.19. The lowest BCUT2D eigenvalue weighted by molar-refractivity contribution is -0.117. The third-order valence-corrected chi connectivity index (χ3v) is 3.61. The lowest BCUT2D eigenvalue weighted by atomic mass is 10.1. The van der Waals surface area contributed by atoms with Gasteiger partial charge in [0.25, 0.3) is 0 Å². The predicted octanol–water partition coefficient (Wildman–Crippen LogP) is 2.44. The SMILES string of the molecule is C#CC1CC(=O)N(c2cccc(OC)c2Br)C1. The Morgan fingerprint density at radius 1 is 1.59 bits per heavy atom. The Morgan fingerprint density at radius 2 is 2.35 bits per heavy atom. The maximum Gasteiger partial charge on any atom is 0.228 e. The summed E-state index contributed by atoms with van der Waals surface area (Å²) >= 11 is 3.45. The van der Waals surface area contributed by atoms with Crippen molar-refractivity contribution in [2.24, 2.45) is 5.92 Å². The molecular formula is C13H12BrNO2. The third-order valence-electron chi connectivity index (χ3n) is 2.81. The van der Waals surface area contributed by atoms with Crippen LogP contribution in [0.15, 0.2) is 22.7 Å². The van der Waals surface area contributed by atoms with E-state index >= 15 is 0 Å². The van der Waals surface area contributed by atoms with Crippen molar-refractivity contribution in [1.82, 2.24) is 0 Å². The Kier molecular flexibility index (Phi) is 3.39. The van der Waals surface area contributed by atoms with Gasteiger partial charge in [0.1, 0.15) is 5.75 Å². The molecule has 1 fully saturated rings. The van der Waals surface area contributed by atoms with Gasteiger partial charge in [-0.2, -0.15) is 0 Å². The first-order chi connectivity index (χ1) is 8.17. The highest BCUT2D eigenvalue weighted by Gasteiger charge is 2.30. The zero-order valence-corrected chi connectivity index (χ0v) is 11.0. The Bertz CT molecular complexity index is 493. The summed E-state index contributed by atoms with van der Waals surface area (Å²) < 4.78 is 5.99. The van der Waals surface area contributed by atoms with E-state index in [0.717, 1.165) is 10.2 Å². The number of rotatable bonds is 2. The molecular weight excluding hydrogens is 282 g/mol. The summed E-state index contributed by atoms with van der Waals surface area (Å²) in [6, 6.07) is 5.58. The minimum absolute atomic E-state index is 0.000557. The monoisotopic (exact) mass is 293 g/mol. The van der Waals surface area contributed by atoms with E-state index in [2.05, 4.69) is 21.9 Å². The molecule has 1 aromatic carbocycles. The fourth-order valence-electron chi connectivity index (χ4n) is 1.92. The third kappa shape index (κ3) is 2.16. The Hall–Kier alpha value is -1.47. The van der Waals surface area contributed by atoms with Crippen molar-refractivity contribution in [2.75, 3.05) is 18.6 Å². The number of amides is 1. The Labute approximate surface area is 109 Å². The molecule has 17 heavy (non-hydrogen) atoms. The van der Waals surface area contributed by atoms with Gasteiger partial charge in [0.05, 0.1) is 17.3 Å². The predicted molar refractivity (Wildman–Crippen MR) is 70.0 cm³/mol. The minimum Gasteiger partial charge on any atom is -0.495 e. The number of ether oxygens (including phenoxy) is 1. The quantitative estimate of drug-likeness (QED) is 0.784. The van der Waals surface area contributed by atoms with Gasteiger partial charge in [0.15, 0.2) is 0 Å². The van der Waals surface area contributed by atoms with Crippen LogP contribution in [0, 0.1) is 18.3 Å². The van der Waals surface area contributed by atoms with Crippen molar-refractivity contribution in [2.45, 2.75) is 6.42 Å². The van der Waals surface area contributed by atoms with Gasteiger partial charge < -0.3 is 9.64 Å². The molecule has 3 nitrogen and oxygen atoms in total. The summed E-state index contributed by atoms with van der Waals surface area (Å²) in [4.78, 5) is 13.6. The molecule has 2 rings (SSSR count). The number of hydrogen-bond donors (Lipinski definition) is 0.